The van der Waals surface area contributed by atoms with Crippen LogP contribution in [0.2, 0.25) is 0 Å². The number of hydrogen-bond donors (Lipinski definition) is 2. The normalized spacial score (nSPS) is 24.8. The first-order chi connectivity index (χ1) is 8.45. The molecule has 6 heteroatoms. The molecule has 0 amide bonds. The maximum Gasteiger partial charge on any atom is 0.192 e. The Balaban J connectivity index is 1.98. The molecule has 1 heterocycles. The summed E-state index contributed by atoms with van der Waals surface area (Å²) in [5.41, 5.74) is 6.72. The highest BCUT2D eigenvalue weighted by atomic mass is 32.2. The second-order valence-corrected chi connectivity index (χ2v) is 6.88. The van der Waals surface area contributed by atoms with Crippen molar-refractivity contribution in [1.29, 1.82) is 0 Å². The van der Waals surface area contributed by atoms with Crippen molar-refractivity contribution in [3.05, 3.63) is 18.3 Å². The van der Waals surface area contributed by atoms with Gasteiger partial charge in [0.1, 0.15) is 0 Å². The number of aromatic nitrogens is 1. The van der Waals surface area contributed by atoms with Crippen LogP contribution in [0, 0.1) is 0 Å². The SMILES string of the molecule is CS(=O)(=O)c1ccc(NC2CCC(N)CC2)cn1. The van der Waals surface area contributed by atoms with Crippen molar-refractivity contribution < 1.29 is 8.42 Å². The number of anilines is 1. The molecule has 1 aliphatic rings. The fraction of sp³-hybridized carbons (Fsp3) is 0.583. The molecule has 1 saturated carbocycles. The van der Waals surface area contributed by atoms with E-state index in [4.69, 9.17) is 5.73 Å². The van der Waals surface area contributed by atoms with Crippen LogP contribution >= 0.6 is 0 Å². The van der Waals surface area contributed by atoms with Crippen molar-refractivity contribution in [2.45, 2.75) is 42.8 Å². The van der Waals surface area contributed by atoms with Crippen LogP contribution in [0.4, 0.5) is 5.69 Å². The minimum absolute atomic E-state index is 0.110. The van der Waals surface area contributed by atoms with Crippen LogP contribution in [-0.4, -0.2) is 31.7 Å². The molecule has 1 fully saturated rings. The van der Waals surface area contributed by atoms with Gasteiger partial charge in [-0.05, 0) is 37.8 Å². The first kappa shape index (κ1) is 13.3. The molecule has 1 aromatic rings. The maximum atomic E-state index is 11.3. The van der Waals surface area contributed by atoms with Gasteiger partial charge in [0, 0.05) is 18.3 Å². The minimum atomic E-state index is -3.22. The number of rotatable bonds is 3. The molecule has 1 aliphatic carbocycles. The summed E-state index contributed by atoms with van der Waals surface area (Å²) in [6, 6.07) is 4.04. The lowest BCUT2D eigenvalue weighted by Gasteiger charge is -2.27. The largest absolute Gasteiger partial charge is 0.381 e. The van der Waals surface area contributed by atoms with E-state index < -0.39 is 9.84 Å². The summed E-state index contributed by atoms with van der Waals surface area (Å²) in [7, 11) is -3.22. The number of nitrogens with two attached hydrogens (primary N) is 1. The van der Waals surface area contributed by atoms with E-state index in [9.17, 15) is 8.42 Å². The van der Waals surface area contributed by atoms with Crippen LogP contribution in [-0.2, 0) is 9.84 Å². The quantitative estimate of drug-likeness (QED) is 0.860. The van der Waals surface area contributed by atoms with Gasteiger partial charge in [-0.25, -0.2) is 13.4 Å². The van der Waals surface area contributed by atoms with Crippen molar-refractivity contribution in [2.75, 3.05) is 11.6 Å². The average molecular weight is 269 g/mol. The molecule has 0 spiro atoms. The Bertz CT molecular complexity index is 491. The Hall–Kier alpha value is -1.14. The van der Waals surface area contributed by atoms with Crippen molar-refractivity contribution >= 4 is 15.5 Å². The van der Waals surface area contributed by atoms with E-state index >= 15 is 0 Å². The standard InChI is InChI=1S/C12H19N3O2S/c1-18(16,17)12-7-6-11(8-14-12)15-10-4-2-9(13)3-5-10/h6-10,15H,2-5,13H2,1H3. The molecule has 0 radical (unpaired) electrons. The molecule has 3 N–H and O–H groups in total. The number of sulfone groups is 1. The van der Waals surface area contributed by atoms with Crippen LogP contribution < -0.4 is 11.1 Å². The second kappa shape index (κ2) is 5.24. The molecule has 0 aromatic carbocycles. The fourth-order valence-corrected chi connectivity index (χ4v) is 2.74. The summed E-state index contributed by atoms with van der Waals surface area (Å²) in [6.45, 7) is 0. The third-order valence-electron chi connectivity index (χ3n) is 3.26. The summed E-state index contributed by atoms with van der Waals surface area (Å²) in [4.78, 5) is 3.96. The summed E-state index contributed by atoms with van der Waals surface area (Å²) >= 11 is 0. The van der Waals surface area contributed by atoms with Crippen molar-refractivity contribution in [1.82, 2.24) is 4.98 Å². The van der Waals surface area contributed by atoms with Crippen LogP contribution in [0.25, 0.3) is 0 Å². The van der Waals surface area contributed by atoms with Gasteiger partial charge in [-0.1, -0.05) is 0 Å². The van der Waals surface area contributed by atoms with Gasteiger partial charge in [-0.3, -0.25) is 0 Å². The van der Waals surface area contributed by atoms with E-state index in [2.05, 4.69) is 10.3 Å². The molecular weight excluding hydrogens is 250 g/mol. The van der Waals surface area contributed by atoms with E-state index in [0.29, 0.717) is 12.1 Å². The zero-order chi connectivity index (χ0) is 13.2. The van der Waals surface area contributed by atoms with Gasteiger partial charge in [0.05, 0.1) is 11.9 Å². The average Bonchev–Trinajstić information content (AvgIpc) is 2.32. The molecule has 100 valence electrons. The smallest absolute Gasteiger partial charge is 0.192 e. The molecule has 0 unspecified atom stereocenters. The monoisotopic (exact) mass is 269 g/mol. The molecule has 0 saturated heterocycles. The van der Waals surface area contributed by atoms with Gasteiger partial charge in [-0.15, -0.1) is 0 Å². The highest BCUT2D eigenvalue weighted by molar-refractivity contribution is 7.90. The van der Waals surface area contributed by atoms with E-state index in [-0.39, 0.29) is 5.03 Å². The lowest BCUT2D eigenvalue weighted by molar-refractivity contribution is 0.411. The Labute approximate surface area is 108 Å². The van der Waals surface area contributed by atoms with E-state index in [1.54, 1.807) is 12.3 Å². The zero-order valence-corrected chi connectivity index (χ0v) is 11.3. The first-order valence-corrected chi connectivity index (χ1v) is 8.02. The summed E-state index contributed by atoms with van der Waals surface area (Å²) < 4.78 is 22.5. The topological polar surface area (TPSA) is 85.1 Å². The van der Waals surface area contributed by atoms with E-state index in [1.807, 2.05) is 0 Å². The molecule has 1 aromatic heterocycles. The van der Waals surface area contributed by atoms with Gasteiger partial charge in [-0.2, -0.15) is 0 Å². The van der Waals surface area contributed by atoms with Gasteiger partial charge in [0.15, 0.2) is 14.9 Å². The Kier molecular flexibility index (Phi) is 3.87. The summed E-state index contributed by atoms with van der Waals surface area (Å²) in [5.74, 6) is 0. The zero-order valence-electron chi connectivity index (χ0n) is 10.5. The Morgan fingerprint density at radius 3 is 2.44 bits per heavy atom. The van der Waals surface area contributed by atoms with Gasteiger partial charge < -0.3 is 11.1 Å². The Morgan fingerprint density at radius 1 is 1.28 bits per heavy atom. The predicted molar refractivity (Wildman–Crippen MR) is 71.2 cm³/mol. The molecule has 0 atom stereocenters. The van der Waals surface area contributed by atoms with Crippen LogP contribution in [0.1, 0.15) is 25.7 Å². The fourth-order valence-electron chi connectivity index (χ4n) is 2.18. The molecule has 2 rings (SSSR count). The lowest BCUT2D eigenvalue weighted by atomic mass is 9.92. The third-order valence-corrected chi connectivity index (χ3v) is 4.26. The Morgan fingerprint density at radius 2 is 1.94 bits per heavy atom. The molecule has 18 heavy (non-hydrogen) atoms. The summed E-state index contributed by atoms with van der Waals surface area (Å²) in [5, 5.41) is 3.48. The lowest BCUT2D eigenvalue weighted by Crippen LogP contribution is -2.32. The highest BCUT2D eigenvalue weighted by Crippen LogP contribution is 2.21. The maximum absolute atomic E-state index is 11.3. The van der Waals surface area contributed by atoms with Gasteiger partial charge >= 0.3 is 0 Å². The first-order valence-electron chi connectivity index (χ1n) is 6.13. The molecule has 0 aliphatic heterocycles. The molecular formula is C12H19N3O2S. The predicted octanol–water partition coefficient (Wildman–Crippen LogP) is 1.17. The van der Waals surface area contributed by atoms with Crippen LogP contribution in [0.15, 0.2) is 23.4 Å². The van der Waals surface area contributed by atoms with Crippen molar-refractivity contribution in [2.24, 2.45) is 5.73 Å². The minimum Gasteiger partial charge on any atom is -0.381 e. The van der Waals surface area contributed by atoms with Crippen molar-refractivity contribution in [3.8, 4) is 0 Å². The number of hydrogen-bond acceptors (Lipinski definition) is 5. The second-order valence-electron chi connectivity index (χ2n) is 4.91. The number of pyridine rings is 1. The van der Waals surface area contributed by atoms with Gasteiger partial charge in [0.2, 0.25) is 0 Å². The number of nitrogens with one attached hydrogen (secondary N) is 1. The molecule has 5 nitrogen and oxygen atoms in total. The van der Waals surface area contributed by atoms with Crippen LogP contribution in [0.5, 0.6) is 0 Å². The third kappa shape index (κ3) is 3.43. The van der Waals surface area contributed by atoms with Crippen molar-refractivity contribution in [3.63, 3.8) is 0 Å². The summed E-state index contributed by atoms with van der Waals surface area (Å²) in [6.07, 6.45) is 6.90. The number of nitrogens with zero attached hydrogens (tertiary/aromatic N) is 1. The van der Waals surface area contributed by atoms with Gasteiger partial charge in [0.25, 0.3) is 0 Å². The van der Waals surface area contributed by atoms with Crippen LogP contribution in [0.3, 0.4) is 0 Å². The highest BCUT2D eigenvalue weighted by Gasteiger charge is 2.18. The van der Waals surface area contributed by atoms with E-state index in [1.165, 1.54) is 6.07 Å². The molecule has 0 bridgehead atoms. The van der Waals surface area contributed by atoms with E-state index in [0.717, 1.165) is 37.6 Å².